The first kappa shape index (κ1) is 28.5. The summed E-state index contributed by atoms with van der Waals surface area (Å²) in [6.07, 6.45) is 0.858. The monoisotopic (exact) mass is 526 g/mol. The molecule has 188 valence electrons. The van der Waals surface area contributed by atoms with Gasteiger partial charge in [0.05, 0.1) is 11.4 Å². The zero-order valence-corrected chi connectivity index (χ0v) is 21.3. The van der Waals surface area contributed by atoms with Crippen LogP contribution < -0.4 is 22.1 Å². The van der Waals surface area contributed by atoms with Crippen LogP contribution in [0.2, 0.25) is 0 Å². The third-order valence-corrected chi connectivity index (χ3v) is 5.68. The number of aryl methyl sites for hydroxylation is 1. The number of rotatable bonds is 10. The maximum Gasteiger partial charge on any atom is 0.221 e. The fourth-order valence-corrected chi connectivity index (χ4v) is 3.94. The molecule has 6 N–H and O–H groups in total. The van der Waals surface area contributed by atoms with E-state index in [9.17, 15) is 14.9 Å². The molecule has 0 saturated heterocycles. The van der Waals surface area contributed by atoms with Crippen LogP contribution in [0.1, 0.15) is 30.3 Å². The molecule has 3 aromatic rings. The number of thioether (sulfide) groups is 1. The van der Waals surface area contributed by atoms with E-state index in [-0.39, 0.29) is 35.6 Å². The molecule has 10 nitrogen and oxygen atoms in total. The Morgan fingerprint density at radius 3 is 2.47 bits per heavy atom. The predicted octanol–water partition coefficient (Wildman–Crippen LogP) is 2.67. The lowest BCUT2D eigenvalue weighted by Gasteiger charge is -2.10. The van der Waals surface area contributed by atoms with Gasteiger partial charge in [0.1, 0.15) is 17.5 Å². The van der Waals surface area contributed by atoms with Gasteiger partial charge in [0.15, 0.2) is 5.16 Å². The van der Waals surface area contributed by atoms with Gasteiger partial charge in [-0.3, -0.25) is 14.6 Å². The highest BCUT2D eigenvalue weighted by atomic mass is 35.5. The number of pyridine rings is 1. The minimum Gasteiger partial charge on any atom is -0.382 e. The first-order valence-corrected chi connectivity index (χ1v) is 11.9. The van der Waals surface area contributed by atoms with E-state index in [1.807, 2.05) is 18.2 Å². The number of benzene rings is 1. The van der Waals surface area contributed by atoms with Gasteiger partial charge >= 0.3 is 0 Å². The lowest BCUT2D eigenvalue weighted by molar-refractivity contribution is -0.121. The van der Waals surface area contributed by atoms with Crippen molar-refractivity contribution in [3.05, 3.63) is 59.4 Å². The van der Waals surface area contributed by atoms with Crippen molar-refractivity contribution in [1.82, 2.24) is 20.3 Å². The number of hydrogen-bond donors (Lipinski definition) is 4. The summed E-state index contributed by atoms with van der Waals surface area (Å²) in [4.78, 5) is 36.5. The van der Waals surface area contributed by atoms with Crippen LogP contribution in [-0.4, -0.2) is 39.9 Å². The molecule has 0 unspecified atom stereocenters. The van der Waals surface area contributed by atoms with Gasteiger partial charge in [-0.1, -0.05) is 30.0 Å². The number of nitrogens with zero attached hydrogens (tertiary/aromatic N) is 4. The second kappa shape index (κ2) is 14.0. The van der Waals surface area contributed by atoms with E-state index in [1.54, 1.807) is 24.3 Å². The highest BCUT2D eigenvalue weighted by molar-refractivity contribution is 7.98. The molecule has 2 aromatic heterocycles. The van der Waals surface area contributed by atoms with Crippen molar-refractivity contribution < 1.29 is 9.59 Å². The van der Waals surface area contributed by atoms with Gasteiger partial charge in [0.2, 0.25) is 11.8 Å². The average molecular weight is 527 g/mol. The molecular formula is C24H27ClN8O2S. The maximum absolute atomic E-state index is 11.8. The fourth-order valence-electron chi connectivity index (χ4n) is 3.18. The van der Waals surface area contributed by atoms with Gasteiger partial charge in [-0.25, -0.2) is 9.97 Å². The Balaban J connectivity index is 0.00000456. The third kappa shape index (κ3) is 8.20. The van der Waals surface area contributed by atoms with Crippen LogP contribution in [-0.2, 0) is 21.8 Å². The first-order chi connectivity index (χ1) is 16.9. The van der Waals surface area contributed by atoms with Crippen LogP contribution in [0, 0.1) is 11.3 Å². The van der Waals surface area contributed by atoms with Crippen molar-refractivity contribution in [2.24, 2.45) is 5.73 Å². The Bertz CT molecular complexity index is 1250. The summed E-state index contributed by atoms with van der Waals surface area (Å²) in [6, 6.07) is 14.7. The summed E-state index contributed by atoms with van der Waals surface area (Å²) >= 11 is 1.35. The van der Waals surface area contributed by atoms with Crippen LogP contribution in [0.25, 0.3) is 11.3 Å². The topological polar surface area (TPSA) is 173 Å². The molecule has 0 saturated carbocycles. The number of nitrogens with one attached hydrogen (secondary N) is 2. The molecule has 3 rings (SSSR count). The molecular weight excluding hydrogens is 500 g/mol. The Labute approximate surface area is 219 Å². The lowest BCUT2D eigenvalue weighted by atomic mass is 10.1. The van der Waals surface area contributed by atoms with Crippen LogP contribution in [0.15, 0.2) is 47.6 Å². The van der Waals surface area contributed by atoms with Gasteiger partial charge < -0.3 is 22.1 Å². The molecule has 36 heavy (non-hydrogen) atoms. The second-order valence-corrected chi connectivity index (χ2v) is 8.48. The van der Waals surface area contributed by atoms with Crippen molar-refractivity contribution in [2.75, 3.05) is 24.1 Å². The first-order valence-electron chi connectivity index (χ1n) is 10.9. The molecule has 2 heterocycles. The van der Waals surface area contributed by atoms with Gasteiger partial charge in [0, 0.05) is 49.1 Å². The molecule has 2 amide bonds. The molecule has 0 radical (unpaired) electrons. The maximum atomic E-state index is 11.8. The smallest absolute Gasteiger partial charge is 0.221 e. The zero-order valence-electron chi connectivity index (χ0n) is 19.7. The minimum atomic E-state index is -0.173. The van der Waals surface area contributed by atoms with E-state index < -0.39 is 0 Å². The number of anilines is 2. The average Bonchev–Trinajstić information content (AvgIpc) is 2.85. The molecule has 0 aliphatic carbocycles. The van der Waals surface area contributed by atoms with Crippen molar-refractivity contribution in [1.29, 1.82) is 5.26 Å². The SMILES string of the molecule is CC(=O)Nc1ccc(-c2nc(SCc3cccc(CCC(=O)NCCN)n3)nc(N)c2C#N)cc1.Cl. The number of carbonyl (C=O) groups is 2. The van der Waals surface area contributed by atoms with Crippen molar-refractivity contribution in [3.8, 4) is 17.3 Å². The van der Waals surface area contributed by atoms with Gasteiger partial charge in [-0.2, -0.15) is 5.26 Å². The molecule has 1 aromatic carbocycles. The molecule has 0 spiro atoms. The fraction of sp³-hybridized carbons (Fsp3) is 0.250. The molecule has 0 bridgehead atoms. The Kier molecular flexibility index (Phi) is 11.1. The number of nitriles is 1. The second-order valence-electron chi connectivity index (χ2n) is 7.53. The highest BCUT2D eigenvalue weighted by Gasteiger charge is 2.15. The van der Waals surface area contributed by atoms with Crippen LogP contribution >= 0.6 is 24.2 Å². The number of nitrogen functional groups attached to an aromatic ring is 1. The lowest BCUT2D eigenvalue weighted by Crippen LogP contribution is -2.29. The summed E-state index contributed by atoms with van der Waals surface area (Å²) in [5.41, 5.74) is 15.0. The number of amides is 2. The van der Waals surface area contributed by atoms with E-state index in [0.29, 0.717) is 53.8 Å². The van der Waals surface area contributed by atoms with Gasteiger partial charge in [0.25, 0.3) is 0 Å². The quantitative estimate of drug-likeness (QED) is 0.229. The highest BCUT2D eigenvalue weighted by Crippen LogP contribution is 2.29. The number of halogens is 1. The van der Waals surface area contributed by atoms with Crippen molar-refractivity contribution >= 4 is 47.5 Å². The van der Waals surface area contributed by atoms with Crippen LogP contribution in [0.5, 0.6) is 0 Å². The largest absolute Gasteiger partial charge is 0.382 e. The van der Waals surface area contributed by atoms with E-state index >= 15 is 0 Å². The summed E-state index contributed by atoms with van der Waals surface area (Å²) in [6.45, 7) is 2.29. The normalized spacial score (nSPS) is 10.1. The van der Waals surface area contributed by atoms with Crippen molar-refractivity contribution in [2.45, 2.75) is 30.7 Å². The van der Waals surface area contributed by atoms with E-state index in [4.69, 9.17) is 11.5 Å². The zero-order chi connectivity index (χ0) is 25.2. The number of aromatic nitrogens is 3. The van der Waals surface area contributed by atoms with Gasteiger partial charge in [-0.05, 0) is 30.7 Å². The summed E-state index contributed by atoms with van der Waals surface area (Å²) < 4.78 is 0. The standard InChI is InChI=1S/C24H26N8O2S.ClH/c1-15(33)29-18-7-5-16(6-8-18)22-20(13-26)23(27)32-24(31-22)35-14-19-4-2-3-17(30-19)9-10-21(34)28-12-11-25;/h2-8H,9-12,14,25H2,1H3,(H,28,34)(H,29,33)(H2,27,31,32);1H. The minimum absolute atomic E-state index is 0. The molecule has 0 fully saturated rings. The number of carbonyl (C=O) groups excluding carboxylic acids is 2. The Morgan fingerprint density at radius 1 is 1.08 bits per heavy atom. The van der Waals surface area contributed by atoms with Crippen LogP contribution in [0.4, 0.5) is 11.5 Å². The van der Waals surface area contributed by atoms with E-state index in [1.165, 1.54) is 18.7 Å². The number of hydrogen-bond acceptors (Lipinski definition) is 9. The summed E-state index contributed by atoms with van der Waals surface area (Å²) in [5.74, 6) is 0.347. The molecule has 0 atom stereocenters. The Morgan fingerprint density at radius 2 is 1.81 bits per heavy atom. The third-order valence-electron chi connectivity index (χ3n) is 4.80. The number of nitrogens with two attached hydrogens (primary N) is 2. The van der Waals surface area contributed by atoms with Crippen LogP contribution in [0.3, 0.4) is 0 Å². The molecule has 0 aliphatic rings. The summed E-state index contributed by atoms with van der Waals surface area (Å²) in [5, 5.41) is 15.4. The molecule has 0 aliphatic heterocycles. The van der Waals surface area contributed by atoms with Crippen molar-refractivity contribution in [3.63, 3.8) is 0 Å². The molecule has 12 heteroatoms. The van der Waals surface area contributed by atoms with Gasteiger partial charge in [-0.15, -0.1) is 12.4 Å². The predicted molar refractivity (Wildman–Crippen MR) is 142 cm³/mol. The Hall–Kier alpha value is -3.72. The van der Waals surface area contributed by atoms with E-state index in [2.05, 4.69) is 31.7 Å². The van der Waals surface area contributed by atoms with E-state index in [0.717, 1.165) is 11.4 Å². The summed E-state index contributed by atoms with van der Waals surface area (Å²) in [7, 11) is 0.